The van der Waals surface area contributed by atoms with Crippen LogP contribution in [0.4, 0.5) is 0 Å². The zero-order chi connectivity index (χ0) is 13.8. The molecular weight excluding hydrogens is 268 g/mol. The fourth-order valence-electron chi connectivity index (χ4n) is 2.68. The zero-order valence-electron chi connectivity index (χ0n) is 12.0. The monoisotopic (exact) mass is 290 g/mol. The van der Waals surface area contributed by atoms with Gasteiger partial charge in [-0.25, -0.2) is 0 Å². The lowest BCUT2D eigenvalue weighted by molar-refractivity contribution is 0.0527. The van der Waals surface area contributed by atoms with Gasteiger partial charge in [-0.2, -0.15) is 0 Å². The predicted molar refractivity (Wildman–Crippen MR) is 85.4 cm³/mol. The molecule has 0 bridgehead atoms. The minimum atomic E-state index is 0.158. The van der Waals surface area contributed by atoms with Crippen LogP contribution in [0.1, 0.15) is 25.3 Å². The minimum absolute atomic E-state index is 0.158. The topological polar surface area (TPSA) is 33.6 Å². The van der Waals surface area contributed by atoms with Gasteiger partial charge in [0.05, 0.1) is 6.04 Å². The number of nitrogens with one attached hydrogen (secondary N) is 1. The van der Waals surface area contributed by atoms with Crippen LogP contribution in [0.3, 0.4) is 0 Å². The molecule has 20 heavy (non-hydrogen) atoms. The second-order valence-electron chi connectivity index (χ2n) is 5.89. The second kappa shape index (κ2) is 6.19. The van der Waals surface area contributed by atoms with Crippen LogP contribution in [0.2, 0.25) is 0 Å². The van der Waals surface area contributed by atoms with Gasteiger partial charge < -0.3 is 10.1 Å². The molecule has 1 unspecified atom stereocenters. The van der Waals surface area contributed by atoms with E-state index in [-0.39, 0.29) is 5.54 Å². The largest absolute Gasteiger partial charge is 0.381 e. The van der Waals surface area contributed by atoms with Crippen LogP contribution in [-0.4, -0.2) is 35.7 Å². The van der Waals surface area contributed by atoms with E-state index in [0.717, 1.165) is 43.4 Å². The lowest BCUT2D eigenvalue weighted by Gasteiger charge is -2.34. The summed E-state index contributed by atoms with van der Waals surface area (Å²) in [4.78, 5) is 4.85. The highest BCUT2D eigenvalue weighted by Gasteiger charge is 2.30. The van der Waals surface area contributed by atoms with E-state index in [0.29, 0.717) is 6.04 Å². The molecule has 108 valence electrons. The van der Waals surface area contributed by atoms with Gasteiger partial charge in [0, 0.05) is 24.5 Å². The van der Waals surface area contributed by atoms with Crippen LogP contribution in [0.25, 0.3) is 0 Å². The van der Waals surface area contributed by atoms with Gasteiger partial charge in [0.2, 0.25) is 0 Å². The maximum Gasteiger partial charge on any atom is 0.157 e. The van der Waals surface area contributed by atoms with Gasteiger partial charge in [-0.05, 0) is 31.7 Å². The molecule has 1 aromatic rings. The van der Waals surface area contributed by atoms with Crippen LogP contribution in [0.5, 0.6) is 0 Å². The molecule has 1 saturated heterocycles. The summed E-state index contributed by atoms with van der Waals surface area (Å²) >= 11 is 1.86. The van der Waals surface area contributed by atoms with Gasteiger partial charge in [0.15, 0.2) is 5.17 Å². The van der Waals surface area contributed by atoms with Gasteiger partial charge in [0.25, 0.3) is 0 Å². The van der Waals surface area contributed by atoms with Crippen molar-refractivity contribution in [3.63, 3.8) is 0 Å². The summed E-state index contributed by atoms with van der Waals surface area (Å²) in [6.07, 6.45) is 3.17. The molecule has 0 aliphatic carbocycles. The van der Waals surface area contributed by atoms with Crippen LogP contribution in [0.15, 0.2) is 35.3 Å². The average molecular weight is 290 g/mol. The lowest BCUT2D eigenvalue weighted by atomic mass is 9.93. The number of aliphatic imine (C=N–C) groups is 1. The van der Waals surface area contributed by atoms with E-state index >= 15 is 0 Å². The summed E-state index contributed by atoms with van der Waals surface area (Å²) < 4.78 is 5.44. The molecular formula is C16H22N2OS. The van der Waals surface area contributed by atoms with Crippen molar-refractivity contribution in [2.24, 2.45) is 4.99 Å². The van der Waals surface area contributed by atoms with Crippen molar-refractivity contribution in [1.29, 1.82) is 0 Å². The fourth-order valence-corrected chi connectivity index (χ4v) is 3.76. The summed E-state index contributed by atoms with van der Waals surface area (Å²) in [5.74, 6) is 1.09. The highest BCUT2D eigenvalue weighted by Crippen LogP contribution is 2.25. The SMILES string of the molecule is CC1(NC2=NC(Cc3ccccc3)CS2)CCOCC1. The molecule has 2 heterocycles. The van der Waals surface area contributed by atoms with Crippen LogP contribution >= 0.6 is 11.8 Å². The van der Waals surface area contributed by atoms with Gasteiger partial charge in [-0.15, -0.1) is 0 Å². The Morgan fingerprint density at radius 3 is 2.80 bits per heavy atom. The first-order valence-corrected chi connectivity index (χ1v) is 8.33. The Labute approximate surface area is 125 Å². The molecule has 0 saturated carbocycles. The molecule has 1 aromatic carbocycles. The van der Waals surface area contributed by atoms with Crippen molar-refractivity contribution in [1.82, 2.24) is 5.32 Å². The quantitative estimate of drug-likeness (QED) is 0.929. The number of rotatable bonds is 3. The van der Waals surface area contributed by atoms with E-state index in [2.05, 4.69) is 42.6 Å². The first-order chi connectivity index (χ1) is 9.73. The van der Waals surface area contributed by atoms with Crippen LogP contribution in [0, 0.1) is 0 Å². The van der Waals surface area contributed by atoms with E-state index in [9.17, 15) is 0 Å². The third kappa shape index (κ3) is 3.55. The molecule has 1 fully saturated rings. The van der Waals surface area contributed by atoms with Gasteiger partial charge in [-0.3, -0.25) is 4.99 Å². The summed E-state index contributed by atoms with van der Waals surface area (Å²) in [5.41, 5.74) is 1.53. The van der Waals surface area contributed by atoms with Gasteiger partial charge in [0.1, 0.15) is 0 Å². The number of amidine groups is 1. The van der Waals surface area contributed by atoms with E-state index in [1.165, 1.54) is 5.56 Å². The van der Waals surface area contributed by atoms with E-state index < -0.39 is 0 Å². The Morgan fingerprint density at radius 2 is 2.05 bits per heavy atom. The van der Waals surface area contributed by atoms with Crippen molar-refractivity contribution in [2.45, 2.75) is 37.8 Å². The van der Waals surface area contributed by atoms with Crippen molar-refractivity contribution in [2.75, 3.05) is 19.0 Å². The van der Waals surface area contributed by atoms with E-state index in [1.807, 2.05) is 11.8 Å². The Balaban J connectivity index is 1.57. The lowest BCUT2D eigenvalue weighted by Crippen LogP contribution is -2.48. The molecule has 3 rings (SSSR count). The van der Waals surface area contributed by atoms with Crippen molar-refractivity contribution in [3.05, 3.63) is 35.9 Å². The Kier molecular flexibility index (Phi) is 4.32. The number of hydrogen-bond acceptors (Lipinski definition) is 4. The van der Waals surface area contributed by atoms with Crippen molar-refractivity contribution in [3.8, 4) is 0 Å². The summed E-state index contributed by atoms with van der Waals surface area (Å²) in [6, 6.07) is 11.0. The number of benzene rings is 1. The molecule has 0 radical (unpaired) electrons. The van der Waals surface area contributed by atoms with Crippen LogP contribution in [-0.2, 0) is 11.2 Å². The highest BCUT2D eigenvalue weighted by atomic mass is 32.2. The van der Waals surface area contributed by atoms with Gasteiger partial charge in [-0.1, -0.05) is 42.1 Å². The second-order valence-corrected chi connectivity index (χ2v) is 6.90. The first kappa shape index (κ1) is 14.0. The molecule has 1 N–H and O–H groups in total. The fraction of sp³-hybridized carbons (Fsp3) is 0.562. The third-order valence-electron chi connectivity index (χ3n) is 4.03. The number of hydrogen-bond donors (Lipinski definition) is 1. The maximum absolute atomic E-state index is 5.44. The summed E-state index contributed by atoms with van der Waals surface area (Å²) in [7, 11) is 0. The molecule has 4 heteroatoms. The molecule has 3 nitrogen and oxygen atoms in total. The smallest absolute Gasteiger partial charge is 0.157 e. The predicted octanol–water partition coefficient (Wildman–Crippen LogP) is 2.86. The van der Waals surface area contributed by atoms with Crippen LogP contribution < -0.4 is 5.32 Å². The molecule has 0 spiro atoms. The molecule has 0 amide bonds. The Bertz CT molecular complexity index is 469. The van der Waals surface area contributed by atoms with Gasteiger partial charge >= 0.3 is 0 Å². The Morgan fingerprint density at radius 1 is 1.30 bits per heavy atom. The summed E-state index contributed by atoms with van der Waals surface area (Å²) in [5, 5.41) is 4.76. The molecule has 2 aliphatic heterocycles. The number of ether oxygens (including phenoxy) is 1. The first-order valence-electron chi connectivity index (χ1n) is 7.34. The standard InChI is InChI=1S/C16H22N2OS/c1-16(7-9-19-10-8-16)18-15-17-14(12-20-15)11-13-5-3-2-4-6-13/h2-6,14H,7-12H2,1H3,(H,17,18). The van der Waals surface area contributed by atoms with Crippen molar-refractivity contribution < 1.29 is 4.74 Å². The number of thioether (sulfide) groups is 1. The normalized spacial score (nSPS) is 25.2. The molecule has 0 aromatic heterocycles. The zero-order valence-corrected chi connectivity index (χ0v) is 12.8. The minimum Gasteiger partial charge on any atom is -0.381 e. The Hall–Kier alpha value is -1.00. The maximum atomic E-state index is 5.44. The average Bonchev–Trinajstić information content (AvgIpc) is 2.87. The van der Waals surface area contributed by atoms with Crippen molar-refractivity contribution >= 4 is 16.9 Å². The summed E-state index contributed by atoms with van der Waals surface area (Å²) in [6.45, 7) is 3.99. The number of nitrogens with zero attached hydrogens (tertiary/aromatic N) is 1. The highest BCUT2D eigenvalue weighted by molar-refractivity contribution is 8.14. The molecule has 1 atom stereocenters. The third-order valence-corrected chi connectivity index (χ3v) is 5.06. The van der Waals surface area contributed by atoms with E-state index in [4.69, 9.17) is 9.73 Å². The van der Waals surface area contributed by atoms with E-state index in [1.54, 1.807) is 0 Å². The molecule has 2 aliphatic rings.